The third kappa shape index (κ3) is 3.87. The molecule has 190 valence electrons. The van der Waals surface area contributed by atoms with E-state index >= 15 is 0 Å². The number of carboxylic acid groups (broad SMARTS) is 1. The van der Waals surface area contributed by atoms with Crippen LogP contribution < -0.4 is 5.63 Å². The van der Waals surface area contributed by atoms with Crippen LogP contribution >= 0.6 is 0 Å². The molecule has 0 aromatic carbocycles. The van der Waals surface area contributed by atoms with Crippen LogP contribution in [0.25, 0.3) is 0 Å². The molecular formula is C28H36O7. The number of hydrogen-bond acceptors (Lipinski definition) is 6. The fourth-order valence-electron chi connectivity index (χ4n) is 8.30. The third-order valence-corrected chi connectivity index (χ3v) is 10.2. The zero-order valence-corrected chi connectivity index (χ0v) is 20.6. The minimum absolute atomic E-state index is 0.0262. The van der Waals surface area contributed by atoms with Gasteiger partial charge in [0, 0.05) is 11.5 Å². The summed E-state index contributed by atoms with van der Waals surface area (Å²) < 4.78 is 10.8. The number of rotatable bonds is 5. The summed E-state index contributed by atoms with van der Waals surface area (Å²) >= 11 is 0. The number of carboxylic acids is 1. The maximum Gasteiger partial charge on any atom is 0.335 e. The predicted octanol–water partition coefficient (Wildman–Crippen LogP) is 4.58. The molecule has 0 radical (unpaired) electrons. The van der Waals surface area contributed by atoms with Crippen molar-refractivity contribution in [1.29, 1.82) is 0 Å². The molecule has 3 fully saturated rings. The van der Waals surface area contributed by atoms with Gasteiger partial charge in [0.15, 0.2) is 0 Å². The van der Waals surface area contributed by atoms with Crippen molar-refractivity contribution in [2.75, 3.05) is 0 Å². The average Bonchev–Trinajstić information content (AvgIpc) is 3.10. The lowest BCUT2D eigenvalue weighted by molar-refractivity contribution is -0.178. The van der Waals surface area contributed by atoms with Gasteiger partial charge in [0.1, 0.15) is 6.10 Å². The van der Waals surface area contributed by atoms with Gasteiger partial charge < -0.3 is 19.4 Å². The highest BCUT2D eigenvalue weighted by atomic mass is 16.5. The minimum Gasteiger partial charge on any atom is -0.481 e. The number of esters is 1. The fraction of sp³-hybridized carbons (Fsp3) is 0.679. The molecule has 0 unspecified atom stereocenters. The molecule has 3 saturated carbocycles. The summed E-state index contributed by atoms with van der Waals surface area (Å²) in [4.78, 5) is 34.3. The number of allylic oxidation sites excluding steroid dienone is 1. The molecule has 1 heterocycles. The molecule has 7 nitrogen and oxygen atoms in total. The highest BCUT2D eigenvalue weighted by Gasteiger charge is 2.66. The van der Waals surface area contributed by atoms with Crippen LogP contribution in [0.15, 0.2) is 39.3 Å². The van der Waals surface area contributed by atoms with Gasteiger partial charge in [-0.15, -0.1) is 0 Å². The molecule has 7 heteroatoms. The van der Waals surface area contributed by atoms with Crippen molar-refractivity contribution in [2.45, 2.75) is 95.7 Å². The highest BCUT2D eigenvalue weighted by molar-refractivity contribution is 5.76. The minimum atomic E-state index is -0.997. The lowest BCUT2D eigenvalue weighted by Gasteiger charge is -2.61. The maximum absolute atomic E-state index is 12.3. The first kappa shape index (κ1) is 24.3. The Balaban J connectivity index is 1.35. The predicted molar refractivity (Wildman–Crippen MR) is 128 cm³/mol. The summed E-state index contributed by atoms with van der Waals surface area (Å²) in [5.41, 5.74) is 0.940. The van der Waals surface area contributed by atoms with Crippen molar-refractivity contribution >= 4 is 11.9 Å². The van der Waals surface area contributed by atoms with E-state index in [0.29, 0.717) is 5.92 Å². The molecule has 4 aliphatic rings. The van der Waals surface area contributed by atoms with E-state index in [1.807, 2.05) is 6.07 Å². The molecule has 0 saturated heterocycles. The molecule has 0 spiro atoms. The van der Waals surface area contributed by atoms with Gasteiger partial charge in [-0.05, 0) is 92.2 Å². The molecule has 0 aliphatic heterocycles. The van der Waals surface area contributed by atoms with Crippen molar-refractivity contribution in [1.82, 2.24) is 0 Å². The van der Waals surface area contributed by atoms with Crippen LogP contribution in [0.3, 0.4) is 0 Å². The van der Waals surface area contributed by atoms with Crippen LogP contribution in [0.1, 0.15) is 89.5 Å². The number of carbonyl (C=O) groups excluding carboxylic acids is 1. The van der Waals surface area contributed by atoms with Crippen molar-refractivity contribution in [3.8, 4) is 0 Å². The van der Waals surface area contributed by atoms with Gasteiger partial charge in [0.2, 0.25) is 0 Å². The highest BCUT2D eigenvalue weighted by Crippen LogP contribution is 2.70. The van der Waals surface area contributed by atoms with Crippen molar-refractivity contribution < 1.29 is 29.0 Å². The standard InChI is InChI=1S/C28H36O7/c1-26-12-9-19(35-25(32)8-6-23(29)30)15-18(26)4-5-22-21(26)10-13-27(2)20(11-14-28(22,27)33)17-3-7-24(31)34-16-17/h3,7,15-16,19-22,33H,4-6,8-14H2,1-2H3,(H,29,30)/t19-,20+,21-,22+,26-,27+,28-/m0/s1. The smallest absolute Gasteiger partial charge is 0.335 e. The number of aliphatic carboxylic acids is 1. The summed E-state index contributed by atoms with van der Waals surface area (Å²) in [6.45, 7) is 4.55. The summed E-state index contributed by atoms with van der Waals surface area (Å²) in [7, 11) is 0. The van der Waals surface area contributed by atoms with Crippen LogP contribution in [0.4, 0.5) is 0 Å². The Morgan fingerprint density at radius 1 is 1.06 bits per heavy atom. The molecule has 5 rings (SSSR count). The lowest BCUT2D eigenvalue weighted by atomic mass is 9.45. The SMILES string of the molecule is C[C@]12CC[C@H](OC(=O)CCC(=O)O)C=C1CC[C@@H]1[C@@H]2CC[C@]2(C)[C@@H](c3ccc(=O)oc3)CC[C@]12O. The number of aliphatic hydroxyl groups is 1. The van der Waals surface area contributed by atoms with Crippen LogP contribution in [0.2, 0.25) is 0 Å². The average molecular weight is 485 g/mol. The topological polar surface area (TPSA) is 114 Å². The molecular weight excluding hydrogens is 448 g/mol. The summed E-state index contributed by atoms with van der Waals surface area (Å²) in [6.07, 6.45) is 10.1. The van der Waals surface area contributed by atoms with Crippen LogP contribution in [-0.2, 0) is 14.3 Å². The van der Waals surface area contributed by atoms with E-state index in [9.17, 15) is 19.5 Å². The Bertz CT molecular complexity index is 1080. The van der Waals surface area contributed by atoms with Gasteiger partial charge in [-0.3, -0.25) is 9.59 Å². The van der Waals surface area contributed by atoms with Crippen molar-refractivity contribution in [2.24, 2.45) is 22.7 Å². The first-order valence-electron chi connectivity index (χ1n) is 13.0. The molecule has 1 aromatic rings. The first-order chi connectivity index (χ1) is 16.6. The summed E-state index contributed by atoms with van der Waals surface area (Å²) in [5, 5.41) is 21.1. The normalized spacial score (nSPS) is 40.1. The van der Waals surface area contributed by atoms with Gasteiger partial charge in [-0.2, -0.15) is 0 Å². The van der Waals surface area contributed by atoms with E-state index in [-0.39, 0.29) is 47.2 Å². The zero-order chi connectivity index (χ0) is 25.0. The fourth-order valence-corrected chi connectivity index (χ4v) is 8.30. The number of fused-ring (bicyclic) bond motifs is 5. The van der Waals surface area contributed by atoms with Gasteiger partial charge in [0.05, 0.1) is 24.7 Å². The van der Waals surface area contributed by atoms with Gasteiger partial charge in [-0.25, -0.2) is 4.79 Å². The van der Waals surface area contributed by atoms with E-state index in [4.69, 9.17) is 14.3 Å². The van der Waals surface area contributed by atoms with E-state index in [1.165, 1.54) is 11.6 Å². The third-order valence-electron chi connectivity index (χ3n) is 10.2. The molecule has 4 aliphatic carbocycles. The molecule has 7 atom stereocenters. The largest absolute Gasteiger partial charge is 0.481 e. The van der Waals surface area contributed by atoms with Crippen molar-refractivity contribution in [3.63, 3.8) is 0 Å². The van der Waals surface area contributed by atoms with Crippen LogP contribution in [-0.4, -0.2) is 33.9 Å². The Kier molecular flexibility index (Phi) is 5.98. The Morgan fingerprint density at radius 2 is 1.86 bits per heavy atom. The second-order valence-corrected chi connectivity index (χ2v) is 11.7. The Labute approximate surface area is 205 Å². The van der Waals surface area contributed by atoms with Crippen molar-refractivity contribution in [3.05, 3.63) is 46.0 Å². The van der Waals surface area contributed by atoms with E-state index in [1.54, 1.807) is 6.26 Å². The van der Waals surface area contributed by atoms with Crippen LogP contribution in [0.5, 0.6) is 0 Å². The zero-order valence-electron chi connectivity index (χ0n) is 20.6. The second-order valence-electron chi connectivity index (χ2n) is 11.7. The summed E-state index contributed by atoms with van der Waals surface area (Å²) in [5.74, 6) is -0.704. The molecule has 35 heavy (non-hydrogen) atoms. The lowest BCUT2D eigenvalue weighted by Crippen LogP contribution is -2.60. The molecule has 0 amide bonds. The van der Waals surface area contributed by atoms with Gasteiger partial charge in [-0.1, -0.05) is 19.4 Å². The molecule has 0 bridgehead atoms. The molecule has 1 aromatic heterocycles. The number of carbonyl (C=O) groups is 2. The number of ether oxygens (including phenoxy) is 1. The van der Waals surface area contributed by atoms with Gasteiger partial charge in [0.25, 0.3) is 0 Å². The van der Waals surface area contributed by atoms with Crippen LogP contribution in [0, 0.1) is 22.7 Å². The number of hydrogen-bond donors (Lipinski definition) is 2. The summed E-state index contributed by atoms with van der Waals surface area (Å²) in [6, 6.07) is 3.34. The monoisotopic (exact) mass is 484 g/mol. The first-order valence-corrected chi connectivity index (χ1v) is 13.0. The van der Waals surface area contributed by atoms with Gasteiger partial charge >= 0.3 is 17.6 Å². The van der Waals surface area contributed by atoms with E-state index in [0.717, 1.165) is 56.9 Å². The molecule has 2 N–H and O–H groups in total. The quantitative estimate of drug-likeness (QED) is 0.464. The second kappa shape index (κ2) is 8.61. The van der Waals surface area contributed by atoms with E-state index < -0.39 is 17.5 Å². The van der Waals surface area contributed by atoms with E-state index in [2.05, 4.69) is 19.9 Å². The maximum atomic E-state index is 12.3. The Hall–Kier alpha value is -2.41. The Morgan fingerprint density at radius 3 is 2.57 bits per heavy atom.